The number of hydrogen-bond donors (Lipinski definition) is 0. The molecule has 0 spiro atoms. The second-order valence-electron chi connectivity index (χ2n) is 7.91. The van der Waals surface area contributed by atoms with Crippen LogP contribution in [0.1, 0.15) is 48.7 Å². The van der Waals surface area contributed by atoms with E-state index < -0.39 is 17.8 Å². The molecule has 5 rings (SSSR count). The number of oxazole rings is 1. The molecule has 31 heavy (non-hydrogen) atoms. The largest absolute Gasteiger partial charge is 0.440 e. The van der Waals surface area contributed by atoms with Crippen molar-refractivity contribution < 1.29 is 22.4 Å². The maximum absolute atomic E-state index is 13.7. The van der Waals surface area contributed by atoms with E-state index in [0.29, 0.717) is 54.9 Å². The molecule has 0 N–H and O–H groups in total. The summed E-state index contributed by atoms with van der Waals surface area (Å²) in [6.07, 6.45) is -2.02. The molecule has 1 aromatic heterocycles. The number of para-hydroxylation sites is 2. The van der Waals surface area contributed by atoms with Gasteiger partial charge in [0.15, 0.2) is 11.4 Å². The molecular weight excluding hydrogens is 405 g/mol. The summed E-state index contributed by atoms with van der Waals surface area (Å²) in [5.41, 5.74) is 2.65. The van der Waals surface area contributed by atoms with Gasteiger partial charge in [0.25, 0.3) is 0 Å². The van der Waals surface area contributed by atoms with Crippen LogP contribution in [0.25, 0.3) is 11.1 Å². The van der Waals surface area contributed by atoms with Gasteiger partial charge < -0.3 is 4.42 Å². The fraction of sp³-hybridized carbons (Fsp3) is 0.292. The van der Waals surface area contributed by atoms with Gasteiger partial charge in [-0.05, 0) is 36.6 Å². The molecular formula is C24H19F3N2O2. The normalized spacial score (nSPS) is 19.5. The van der Waals surface area contributed by atoms with Crippen molar-refractivity contribution in [2.24, 2.45) is 4.99 Å². The first-order chi connectivity index (χ1) is 14.9. The number of alkyl halides is 3. The van der Waals surface area contributed by atoms with Crippen LogP contribution >= 0.6 is 0 Å². The maximum atomic E-state index is 13.7. The molecule has 0 fully saturated rings. The minimum absolute atomic E-state index is 0.0208. The van der Waals surface area contributed by atoms with Gasteiger partial charge in [-0.2, -0.15) is 13.2 Å². The third-order valence-electron chi connectivity index (χ3n) is 5.82. The summed E-state index contributed by atoms with van der Waals surface area (Å²) in [6, 6.07) is 11.8. The van der Waals surface area contributed by atoms with E-state index in [4.69, 9.17) is 4.42 Å². The number of benzene rings is 2. The number of carbonyl (C=O) groups is 1. The van der Waals surface area contributed by atoms with Gasteiger partial charge in [-0.1, -0.05) is 35.9 Å². The highest BCUT2D eigenvalue weighted by molar-refractivity contribution is 6.02. The lowest BCUT2D eigenvalue weighted by Crippen LogP contribution is -2.26. The van der Waals surface area contributed by atoms with Crippen LogP contribution in [0.2, 0.25) is 0 Å². The number of carbonyl (C=O) groups excluding carboxylic acids is 1. The van der Waals surface area contributed by atoms with Crippen molar-refractivity contribution in [2.45, 2.75) is 44.3 Å². The Balaban J connectivity index is 1.58. The third kappa shape index (κ3) is 3.69. The molecule has 0 bridgehead atoms. The van der Waals surface area contributed by atoms with Crippen molar-refractivity contribution in [3.8, 4) is 0 Å². The van der Waals surface area contributed by atoms with Gasteiger partial charge in [-0.3, -0.25) is 9.79 Å². The van der Waals surface area contributed by atoms with Gasteiger partial charge in [0, 0.05) is 24.1 Å². The van der Waals surface area contributed by atoms with Crippen molar-refractivity contribution in [1.82, 2.24) is 4.98 Å². The monoisotopic (exact) mass is 424 g/mol. The van der Waals surface area contributed by atoms with Crippen molar-refractivity contribution in [1.29, 1.82) is 0 Å². The Kier molecular flexibility index (Phi) is 4.76. The van der Waals surface area contributed by atoms with Gasteiger partial charge in [0.1, 0.15) is 11.6 Å². The Morgan fingerprint density at radius 3 is 2.61 bits per heavy atom. The zero-order valence-corrected chi connectivity index (χ0v) is 16.6. The average molecular weight is 424 g/mol. The lowest BCUT2D eigenvalue weighted by molar-refractivity contribution is -0.138. The van der Waals surface area contributed by atoms with E-state index in [1.54, 1.807) is 6.07 Å². The number of hydrogen-bond acceptors (Lipinski definition) is 4. The van der Waals surface area contributed by atoms with Crippen LogP contribution in [0.4, 0.5) is 13.2 Å². The second-order valence-corrected chi connectivity index (χ2v) is 7.91. The van der Waals surface area contributed by atoms with Crippen LogP contribution in [0.3, 0.4) is 0 Å². The fourth-order valence-corrected chi connectivity index (χ4v) is 4.49. The summed E-state index contributed by atoms with van der Waals surface area (Å²) < 4.78 is 46.9. The molecule has 2 aromatic carbocycles. The maximum Gasteiger partial charge on any atom is 0.416 e. The summed E-state index contributed by atoms with van der Waals surface area (Å²) in [5.74, 6) is 0.363. The van der Waals surface area contributed by atoms with Gasteiger partial charge in [-0.15, -0.1) is 0 Å². The molecule has 158 valence electrons. The smallest absolute Gasteiger partial charge is 0.416 e. The summed E-state index contributed by atoms with van der Waals surface area (Å²) in [4.78, 5) is 21.9. The molecule has 0 amide bonds. The van der Waals surface area contributed by atoms with Crippen LogP contribution in [0.5, 0.6) is 0 Å². The second kappa shape index (κ2) is 7.48. The molecule has 1 atom stereocenters. The van der Waals surface area contributed by atoms with Crippen LogP contribution in [-0.2, 0) is 17.4 Å². The standard InChI is InChI=1S/C24H19F3N2O2/c25-24(26,27)17-8-2-1-7-16(17)23-22-14(6-5-10-19(22)30)12-15(28-23)13-21-29-18-9-3-4-11-20(18)31-21/h1-4,7-9,11,23H,5-6,10,12-13H2. The molecule has 2 heterocycles. The Bertz CT molecular complexity index is 1200. The molecule has 7 heteroatoms. The molecule has 1 unspecified atom stereocenters. The fourth-order valence-electron chi connectivity index (χ4n) is 4.49. The molecule has 1 aliphatic heterocycles. The molecule has 2 aliphatic rings. The lowest BCUT2D eigenvalue weighted by Gasteiger charge is -2.30. The molecule has 1 aliphatic carbocycles. The van der Waals surface area contributed by atoms with E-state index in [9.17, 15) is 18.0 Å². The number of dihydropyridines is 1. The summed E-state index contributed by atoms with van der Waals surface area (Å²) in [7, 11) is 0. The summed E-state index contributed by atoms with van der Waals surface area (Å²) >= 11 is 0. The Morgan fingerprint density at radius 2 is 1.81 bits per heavy atom. The van der Waals surface area contributed by atoms with E-state index in [2.05, 4.69) is 9.98 Å². The highest BCUT2D eigenvalue weighted by Crippen LogP contribution is 2.44. The minimum atomic E-state index is -4.53. The number of ketones is 1. The Labute approximate surface area is 176 Å². The molecule has 0 saturated heterocycles. The van der Waals surface area contributed by atoms with E-state index in [0.717, 1.165) is 17.2 Å². The first-order valence-corrected chi connectivity index (χ1v) is 10.2. The number of aliphatic imine (C=N–C) groups is 1. The van der Waals surface area contributed by atoms with Gasteiger partial charge in [-0.25, -0.2) is 4.98 Å². The van der Waals surface area contributed by atoms with Crippen molar-refractivity contribution in [2.75, 3.05) is 0 Å². The van der Waals surface area contributed by atoms with Crippen molar-refractivity contribution >= 4 is 22.6 Å². The van der Waals surface area contributed by atoms with Gasteiger partial charge >= 0.3 is 6.18 Å². The van der Waals surface area contributed by atoms with E-state index in [1.807, 2.05) is 24.3 Å². The predicted octanol–water partition coefficient (Wildman–Crippen LogP) is 6.02. The third-order valence-corrected chi connectivity index (χ3v) is 5.82. The number of allylic oxidation sites excluding steroid dienone is 1. The van der Waals surface area contributed by atoms with E-state index in [1.165, 1.54) is 12.1 Å². The number of halogens is 3. The lowest BCUT2D eigenvalue weighted by atomic mass is 9.78. The predicted molar refractivity (Wildman–Crippen MR) is 110 cm³/mol. The zero-order valence-electron chi connectivity index (χ0n) is 16.6. The van der Waals surface area contributed by atoms with Crippen LogP contribution in [-0.4, -0.2) is 16.5 Å². The van der Waals surface area contributed by atoms with E-state index >= 15 is 0 Å². The minimum Gasteiger partial charge on any atom is -0.440 e. The SMILES string of the molecule is O=C1CCCC2=C1C(c1ccccc1C(F)(F)F)N=C(Cc1nc3ccccc3o1)C2. The first kappa shape index (κ1) is 19.7. The number of aromatic nitrogens is 1. The Morgan fingerprint density at radius 1 is 1.03 bits per heavy atom. The molecule has 3 aromatic rings. The topological polar surface area (TPSA) is 55.5 Å². The van der Waals surface area contributed by atoms with Crippen LogP contribution < -0.4 is 0 Å². The number of Topliss-reactive ketones (excluding diaryl/α,β-unsaturated/α-hetero) is 1. The zero-order chi connectivity index (χ0) is 21.6. The van der Waals surface area contributed by atoms with Crippen LogP contribution in [0.15, 0.2) is 69.1 Å². The van der Waals surface area contributed by atoms with Crippen LogP contribution in [0, 0.1) is 0 Å². The molecule has 0 saturated carbocycles. The quantitative estimate of drug-likeness (QED) is 0.516. The summed E-state index contributed by atoms with van der Waals surface area (Å²) in [6.45, 7) is 0. The Hall–Kier alpha value is -3.22. The molecule has 4 nitrogen and oxygen atoms in total. The molecule has 0 radical (unpaired) electrons. The average Bonchev–Trinajstić information content (AvgIpc) is 3.15. The highest BCUT2D eigenvalue weighted by atomic mass is 19.4. The van der Waals surface area contributed by atoms with Crippen molar-refractivity contribution in [3.63, 3.8) is 0 Å². The number of fused-ring (bicyclic) bond motifs is 1. The summed E-state index contributed by atoms with van der Waals surface area (Å²) in [5, 5.41) is 0. The van der Waals surface area contributed by atoms with Gasteiger partial charge in [0.2, 0.25) is 5.89 Å². The highest BCUT2D eigenvalue weighted by Gasteiger charge is 2.39. The number of rotatable bonds is 3. The van der Waals surface area contributed by atoms with Gasteiger partial charge in [0.05, 0.1) is 12.0 Å². The van der Waals surface area contributed by atoms with E-state index in [-0.39, 0.29) is 11.3 Å². The van der Waals surface area contributed by atoms with Crippen molar-refractivity contribution in [3.05, 3.63) is 76.7 Å². The number of nitrogens with zero attached hydrogens (tertiary/aromatic N) is 2. The first-order valence-electron chi connectivity index (χ1n) is 10.2.